The van der Waals surface area contributed by atoms with Crippen LogP contribution in [0.15, 0.2) is 0 Å². The number of rotatable bonds is 73. The van der Waals surface area contributed by atoms with Crippen molar-refractivity contribution in [1.29, 1.82) is 0 Å². The van der Waals surface area contributed by atoms with Gasteiger partial charge in [0, 0.05) is 12.8 Å². The van der Waals surface area contributed by atoms with Crippen molar-refractivity contribution in [1.82, 2.24) is 0 Å². The normalized spacial score (nSPS) is 13.0. The Morgan fingerprint density at radius 2 is 0.529 bits per heavy atom. The molecule has 0 aliphatic rings. The molecule has 0 aliphatic heterocycles. The van der Waals surface area contributed by atoms with Gasteiger partial charge < -0.3 is 27.9 Å². The number of esters is 2. The number of nitrogens with zero attached hydrogens (tertiary/aromatic N) is 1. The molecule has 0 saturated carbocycles. The molecule has 0 aromatic rings. The molecular formula is C75H150NO8P. The summed E-state index contributed by atoms with van der Waals surface area (Å²) >= 11 is 0. The van der Waals surface area contributed by atoms with Gasteiger partial charge in [0.1, 0.15) is 19.8 Å². The van der Waals surface area contributed by atoms with E-state index >= 15 is 0 Å². The fraction of sp³-hybridized carbons (Fsp3) is 0.973. The Bertz CT molecular complexity index is 1390. The Hall–Kier alpha value is -0.990. The predicted octanol–water partition coefficient (Wildman–Crippen LogP) is 24.3. The summed E-state index contributed by atoms with van der Waals surface area (Å²) in [7, 11) is 1.20. The maximum absolute atomic E-state index is 12.9. The van der Waals surface area contributed by atoms with Crippen LogP contribution in [0, 0.1) is 0 Å². The minimum absolute atomic E-state index is 0.0247. The molecule has 0 amide bonds. The lowest BCUT2D eigenvalue weighted by molar-refractivity contribution is -0.870. The molecule has 0 aromatic carbocycles. The Morgan fingerprint density at radius 3 is 0.753 bits per heavy atom. The Kier molecular flexibility index (Phi) is 66.6. The zero-order valence-corrected chi connectivity index (χ0v) is 59.0. The van der Waals surface area contributed by atoms with E-state index < -0.39 is 26.5 Å². The van der Waals surface area contributed by atoms with Crippen molar-refractivity contribution < 1.29 is 42.1 Å². The lowest BCUT2D eigenvalue weighted by Gasteiger charge is -2.28. The van der Waals surface area contributed by atoms with E-state index in [2.05, 4.69) is 13.8 Å². The number of phosphoric ester groups is 1. The van der Waals surface area contributed by atoms with Gasteiger partial charge >= 0.3 is 11.9 Å². The van der Waals surface area contributed by atoms with Crippen molar-refractivity contribution in [3.63, 3.8) is 0 Å². The molecule has 0 bridgehead atoms. The Balaban J connectivity index is 3.91. The van der Waals surface area contributed by atoms with E-state index in [4.69, 9.17) is 18.5 Å². The molecule has 10 heteroatoms. The fourth-order valence-electron chi connectivity index (χ4n) is 12.0. The third kappa shape index (κ3) is 72.0. The Morgan fingerprint density at radius 1 is 0.318 bits per heavy atom. The van der Waals surface area contributed by atoms with Crippen molar-refractivity contribution in [3.8, 4) is 0 Å². The zero-order chi connectivity index (χ0) is 61.9. The second kappa shape index (κ2) is 67.4. The van der Waals surface area contributed by atoms with Crippen LogP contribution < -0.4 is 4.89 Å². The first-order chi connectivity index (χ1) is 41.5. The fourth-order valence-corrected chi connectivity index (χ4v) is 12.7. The van der Waals surface area contributed by atoms with E-state index in [1.165, 1.54) is 353 Å². The van der Waals surface area contributed by atoms with Crippen molar-refractivity contribution in [2.45, 2.75) is 424 Å². The molecule has 2 unspecified atom stereocenters. The molecule has 0 N–H and O–H groups in total. The molecule has 0 rings (SSSR count). The highest BCUT2D eigenvalue weighted by Gasteiger charge is 2.22. The second-order valence-electron chi connectivity index (χ2n) is 27.7. The van der Waals surface area contributed by atoms with Crippen molar-refractivity contribution in [2.24, 2.45) is 0 Å². The molecule has 0 heterocycles. The van der Waals surface area contributed by atoms with Crippen LogP contribution in [-0.2, 0) is 32.7 Å². The van der Waals surface area contributed by atoms with Crippen LogP contribution >= 0.6 is 7.82 Å². The van der Waals surface area contributed by atoms with Gasteiger partial charge in [0.2, 0.25) is 0 Å². The van der Waals surface area contributed by atoms with Crippen LogP contribution in [0.5, 0.6) is 0 Å². The van der Waals surface area contributed by atoms with Gasteiger partial charge in [-0.2, -0.15) is 0 Å². The van der Waals surface area contributed by atoms with Gasteiger partial charge in [0.05, 0.1) is 27.7 Å². The van der Waals surface area contributed by atoms with E-state index in [0.717, 1.165) is 32.1 Å². The second-order valence-corrected chi connectivity index (χ2v) is 29.2. The summed E-state index contributed by atoms with van der Waals surface area (Å²) in [5.74, 6) is -0.801. The molecule has 0 spiro atoms. The largest absolute Gasteiger partial charge is 0.756 e. The number of unbranched alkanes of at least 4 members (excludes halogenated alkanes) is 59. The third-order valence-corrected chi connectivity index (χ3v) is 18.8. The zero-order valence-electron chi connectivity index (χ0n) is 58.1. The van der Waals surface area contributed by atoms with Crippen molar-refractivity contribution >= 4 is 19.8 Å². The molecule has 0 aliphatic carbocycles. The highest BCUT2D eigenvalue weighted by molar-refractivity contribution is 7.45. The average Bonchev–Trinajstić information content (AvgIpc) is 3.54. The molecule has 0 fully saturated rings. The standard InChI is InChI=1S/C75H150NO8P/c1-6-8-10-12-14-16-18-20-22-24-26-28-30-32-34-36-37-38-39-40-42-44-46-48-50-52-54-56-58-60-62-64-66-68-75(78)84-73(72-83-85(79,80)82-70-69-76(3,4)5)71-81-74(77)67-65-63-61-59-57-55-53-51-49-47-45-43-41-35-33-31-29-27-25-23-21-19-17-15-13-11-9-7-2/h73H,6-72H2,1-5H3. The maximum Gasteiger partial charge on any atom is 0.306 e. The number of ether oxygens (including phenoxy) is 2. The van der Waals surface area contributed by atoms with Crippen LogP contribution in [0.4, 0.5) is 0 Å². The van der Waals surface area contributed by atoms with Crippen LogP contribution in [-0.4, -0.2) is 70.0 Å². The monoisotopic (exact) mass is 1220 g/mol. The first-order valence-electron chi connectivity index (χ1n) is 38.2. The molecular weight excluding hydrogens is 1070 g/mol. The smallest absolute Gasteiger partial charge is 0.306 e. The van der Waals surface area contributed by atoms with Crippen LogP contribution in [0.1, 0.15) is 418 Å². The number of phosphoric acid groups is 1. The topological polar surface area (TPSA) is 111 Å². The van der Waals surface area contributed by atoms with E-state index in [-0.39, 0.29) is 32.0 Å². The number of hydrogen-bond acceptors (Lipinski definition) is 8. The van der Waals surface area contributed by atoms with Gasteiger partial charge in [-0.25, -0.2) is 0 Å². The summed E-state index contributed by atoms with van der Waals surface area (Å²) < 4.78 is 34.4. The number of carbonyl (C=O) groups excluding carboxylic acids is 2. The van der Waals surface area contributed by atoms with Crippen LogP contribution in [0.3, 0.4) is 0 Å². The number of carbonyl (C=O) groups is 2. The van der Waals surface area contributed by atoms with Gasteiger partial charge in [-0.15, -0.1) is 0 Å². The van der Waals surface area contributed by atoms with E-state index in [1.54, 1.807) is 0 Å². The minimum Gasteiger partial charge on any atom is -0.756 e. The van der Waals surface area contributed by atoms with Gasteiger partial charge in [-0.3, -0.25) is 14.2 Å². The summed E-state index contributed by atoms with van der Waals surface area (Å²) in [6, 6.07) is 0. The first kappa shape index (κ1) is 84.0. The predicted molar refractivity (Wildman–Crippen MR) is 365 cm³/mol. The van der Waals surface area contributed by atoms with Gasteiger partial charge in [0.15, 0.2) is 6.10 Å². The molecule has 2 atom stereocenters. The van der Waals surface area contributed by atoms with Crippen LogP contribution in [0.2, 0.25) is 0 Å². The summed E-state index contributed by atoms with van der Waals surface area (Å²) in [6.07, 6.45) is 82.2. The maximum atomic E-state index is 12.9. The lowest BCUT2D eigenvalue weighted by atomic mass is 10.0. The summed E-state index contributed by atoms with van der Waals surface area (Å²) in [4.78, 5) is 38.1. The van der Waals surface area contributed by atoms with E-state index in [9.17, 15) is 19.0 Å². The van der Waals surface area contributed by atoms with E-state index in [0.29, 0.717) is 17.4 Å². The quantitative estimate of drug-likeness (QED) is 0.0256. The van der Waals surface area contributed by atoms with Gasteiger partial charge in [-0.1, -0.05) is 393 Å². The molecule has 9 nitrogen and oxygen atoms in total. The number of hydrogen-bond donors (Lipinski definition) is 0. The highest BCUT2D eigenvalue weighted by Crippen LogP contribution is 2.38. The lowest BCUT2D eigenvalue weighted by Crippen LogP contribution is -2.37. The first-order valence-corrected chi connectivity index (χ1v) is 39.7. The summed E-state index contributed by atoms with van der Waals surface area (Å²) in [6.45, 7) is 4.35. The number of quaternary nitrogens is 1. The summed E-state index contributed by atoms with van der Waals surface area (Å²) in [5, 5.41) is 0. The number of likely N-dealkylation sites (N-methyl/N-ethyl adjacent to an activating group) is 1. The van der Waals surface area contributed by atoms with Crippen molar-refractivity contribution in [3.05, 3.63) is 0 Å². The highest BCUT2D eigenvalue weighted by atomic mass is 31.2. The molecule has 85 heavy (non-hydrogen) atoms. The minimum atomic E-state index is -4.64. The van der Waals surface area contributed by atoms with Crippen molar-refractivity contribution in [2.75, 3.05) is 47.5 Å². The molecule has 0 radical (unpaired) electrons. The van der Waals surface area contributed by atoms with E-state index in [1.807, 2.05) is 21.1 Å². The van der Waals surface area contributed by atoms with Gasteiger partial charge in [-0.05, 0) is 12.8 Å². The molecule has 0 aromatic heterocycles. The SMILES string of the molecule is CCCCCCCCCCCCCCCCCCCCCCCCCCCCCCCCCCCC(=O)OC(COC(=O)CCCCCCCCCCCCCCCCCCCCCCCCCCCCCC)COP(=O)([O-])OCC[N+](C)(C)C. The summed E-state index contributed by atoms with van der Waals surface area (Å²) in [5.41, 5.74) is 0. The van der Waals surface area contributed by atoms with Gasteiger partial charge in [0.25, 0.3) is 7.82 Å². The average molecular weight is 1220 g/mol. The van der Waals surface area contributed by atoms with Crippen LogP contribution in [0.25, 0.3) is 0 Å². The molecule has 0 saturated heterocycles. The third-order valence-electron chi connectivity index (χ3n) is 17.9. The molecule has 508 valence electrons. The Labute approximate surface area is 531 Å².